The highest BCUT2D eigenvalue weighted by atomic mass is 79.9. The Bertz CT molecular complexity index is 1150. The molecule has 2 fully saturated rings. The average molecular weight is 548 g/mol. The van der Waals surface area contributed by atoms with Crippen LogP contribution in [0, 0.1) is 5.92 Å². The van der Waals surface area contributed by atoms with E-state index in [2.05, 4.69) is 54.7 Å². The van der Waals surface area contributed by atoms with Gasteiger partial charge in [0.05, 0.1) is 4.90 Å². The van der Waals surface area contributed by atoms with E-state index in [0.717, 1.165) is 63.2 Å². The molecule has 9 heteroatoms. The molecule has 7 nitrogen and oxygen atoms in total. The number of benzene rings is 2. The van der Waals surface area contributed by atoms with Gasteiger partial charge in [0.15, 0.2) is 0 Å². The molecule has 1 saturated carbocycles. The summed E-state index contributed by atoms with van der Waals surface area (Å²) in [6, 6.07) is 14.0. The highest BCUT2D eigenvalue weighted by Gasteiger charge is 2.37. The predicted molar refractivity (Wildman–Crippen MR) is 136 cm³/mol. The van der Waals surface area contributed by atoms with Gasteiger partial charge in [-0.15, -0.1) is 0 Å². The Balaban J connectivity index is 1.15. The summed E-state index contributed by atoms with van der Waals surface area (Å²) < 4.78 is 29.5. The number of hydrogen-bond acceptors (Lipinski definition) is 5. The van der Waals surface area contributed by atoms with Gasteiger partial charge in [-0.05, 0) is 58.5 Å². The summed E-state index contributed by atoms with van der Waals surface area (Å²) in [7, 11) is -3.69. The fourth-order valence-electron chi connectivity index (χ4n) is 4.80. The third-order valence-electron chi connectivity index (χ3n) is 6.94. The third-order valence-corrected chi connectivity index (χ3v) is 9.36. The lowest BCUT2D eigenvalue weighted by Crippen LogP contribution is -2.48. The molecule has 0 radical (unpaired) electrons. The SMILES string of the molecule is O=C(C1CC1)N1CCc2cc(Br)c(S(=O)(=O)NCCN3CCN(Cc4ccccc4)CC3)cc21. The number of anilines is 1. The molecule has 1 N–H and O–H groups in total. The second-order valence-electron chi connectivity index (χ2n) is 9.43. The number of hydrogen-bond donors (Lipinski definition) is 1. The van der Waals surface area contributed by atoms with Crippen molar-refractivity contribution in [2.75, 3.05) is 50.7 Å². The van der Waals surface area contributed by atoms with Crippen molar-refractivity contribution in [2.24, 2.45) is 5.92 Å². The van der Waals surface area contributed by atoms with E-state index >= 15 is 0 Å². The van der Waals surface area contributed by atoms with Gasteiger partial charge in [0.2, 0.25) is 15.9 Å². The summed E-state index contributed by atoms with van der Waals surface area (Å²) in [5.74, 6) is 0.240. The van der Waals surface area contributed by atoms with E-state index in [9.17, 15) is 13.2 Å². The van der Waals surface area contributed by atoms with Gasteiger partial charge >= 0.3 is 0 Å². The first-order valence-corrected chi connectivity index (χ1v) is 14.3. The van der Waals surface area contributed by atoms with E-state index in [1.165, 1.54) is 5.56 Å². The number of nitrogens with one attached hydrogen (secondary N) is 1. The van der Waals surface area contributed by atoms with Gasteiger partial charge in [-0.2, -0.15) is 0 Å². The molecular weight excluding hydrogens is 516 g/mol. The number of sulfonamides is 1. The molecule has 34 heavy (non-hydrogen) atoms. The molecular formula is C25H31BrN4O3S. The number of carbonyl (C=O) groups excluding carboxylic acids is 1. The Hall–Kier alpha value is -1.78. The van der Waals surface area contributed by atoms with Crippen molar-refractivity contribution in [3.63, 3.8) is 0 Å². The number of fused-ring (bicyclic) bond motifs is 1. The number of rotatable bonds is 8. The summed E-state index contributed by atoms with van der Waals surface area (Å²) in [4.78, 5) is 19.3. The molecule has 0 spiro atoms. The molecule has 2 heterocycles. The van der Waals surface area contributed by atoms with Crippen LogP contribution in [0.15, 0.2) is 51.8 Å². The fraction of sp³-hybridized carbons (Fsp3) is 0.480. The standard InChI is InChI=1S/C25H31BrN4O3S/c26-22-16-21-8-10-30(25(31)20-6-7-20)23(21)17-24(22)34(32,33)27-9-11-28-12-14-29(15-13-28)18-19-4-2-1-3-5-19/h1-5,16-17,20,27H,6-15,18H2. The summed E-state index contributed by atoms with van der Waals surface area (Å²) in [5.41, 5.74) is 3.09. The van der Waals surface area contributed by atoms with Crippen LogP contribution in [-0.2, 0) is 27.8 Å². The number of amides is 1. The molecule has 182 valence electrons. The van der Waals surface area contributed by atoms with Gasteiger partial charge in [-0.3, -0.25) is 14.6 Å². The summed E-state index contributed by atoms with van der Waals surface area (Å²) >= 11 is 3.45. The molecule has 2 aromatic carbocycles. The minimum absolute atomic E-state index is 0.112. The van der Waals surface area contributed by atoms with Crippen molar-refractivity contribution in [3.8, 4) is 0 Å². The minimum Gasteiger partial charge on any atom is -0.312 e. The van der Waals surface area contributed by atoms with E-state index in [0.29, 0.717) is 24.1 Å². The Morgan fingerprint density at radius 1 is 1.00 bits per heavy atom. The van der Waals surface area contributed by atoms with Crippen LogP contribution >= 0.6 is 15.9 Å². The maximum atomic E-state index is 13.1. The zero-order valence-electron chi connectivity index (χ0n) is 19.2. The maximum absolute atomic E-state index is 13.1. The topological polar surface area (TPSA) is 73.0 Å². The largest absolute Gasteiger partial charge is 0.312 e. The molecule has 0 aromatic heterocycles. The lowest BCUT2D eigenvalue weighted by molar-refractivity contribution is -0.119. The molecule has 1 aliphatic carbocycles. The molecule has 0 atom stereocenters. The molecule has 0 bridgehead atoms. The van der Waals surface area contributed by atoms with Gasteiger partial charge in [0.1, 0.15) is 0 Å². The van der Waals surface area contributed by atoms with Gasteiger partial charge < -0.3 is 4.90 Å². The lowest BCUT2D eigenvalue weighted by atomic mass is 10.2. The quantitative estimate of drug-likeness (QED) is 0.551. The van der Waals surface area contributed by atoms with E-state index in [4.69, 9.17) is 0 Å². The number of carbonyl (C=O) groups is 1. The van der Waals surface area contributed by atoms with Crippen molar-refractivity contribution in [3.05, 3.63) is 58.1 Å². The highest BCUT2D eigenvalue weighted by molar-refractivity contribution is 9.10. The van der Waals surface area contributed by atoms with E-state index < -0.39 is 10.0 Å². The van der Waals surface area contributed by atoms with Crippen molar-refractivity contribution in [1.29, 1.82) is 0 Å². The minimum atomic E-state index is -3.69. The first-order chi connectivity index (χ1) is 16.4. The zero-order chi connectivity index (χ0) is 23.7. The van der Waals surface area contributed by atoms with Crippen LogP contribution < -0.4 is 9.62 Å². The van der Waals surface area contributed by atoms with Crippen molar-refractivity contribution < 1.29 is 13.2 Å². The Morgan fingerprint density at radius 2 is 1.71 bits per heavy atom. The first-order valence-electron chi connectivity index (χ1n) is 12.0. The molecule has 2 aliphatic heterocycles. The molecule has 1 amide bonds. The lowest BCUT2D eigenvalue weighted by Gasteiger charge is -2.34. The second-order valence-corrected chi connectivity index (χ2v) is 12.0. The average Bonchev–Trinajstić information content (AvgIpc) is 3.60. The first kappa shape index (κ1) is 23.9. The molecule has 0 unspecified atom stereocenters. The van der Waals surface area contributed by atoms with Crippen molar-refractivity contribution in [2.45, 2.75) is 30.7 Å². The molecule has 3 aliphatic rings. The second kappa shape index (κ2) is 10.1. The van der Waals surface area contributed by atoms with Crippen molar-refractivity contribution >= 4 is 37.5 Å². The molecule has 2 aromatic rings. The van der Waals surface area contributed by atoms with Gasteiger partial charge in [0, 0.05) is 68.4 Å². The van der Waals surface area contributed by atoms with E-state index in [-0.39, 0.29) is 16.7 Å². The number of nitrogens with zero attached hydrogens (tertiary/aromatic N) is 3. The Labute approximate surface area is 210 Å². The van der Waals surface area contributed by atoms with Crippen molar-refractivity contribution in [1.82, 2.24) is 14.5 Å². The van der Waals surface area contributed by atoms with E-state index in [1.807, 2.05) is 12.1 Å². The predicted octanol–water partition coefficient (Wildman–Crippen LogP) is 2.84. The molecule has 5 rings (SSSR count). The monoisotopic (exact) mass is 546 g/mol. The van der Waals surface area contributed by atoms with Crippen LogP contribution in [0.4, 0.5) is 5.69 Å². The van der Waals surface area contributed by atoms with Crippen LogP contribution in [0.5, 0.6) is 0 Å². The van der Waals surface area contributed by atoms with Gasteiger partial charge in [-0.1, -0.05) is 30.3 Å². The molecule has 1 saturated heterocycles. The fourth-order valence-corrected chi connectivity index (χ4v) is 6.93. The Morgan fingerprint density at radius 3 is 2.41 bits per heavy atom. The highest BCUT2D eigenvalue weighted by Crippen LogP contribution is 2.39. The van der Waals surface area contributed by atoms with Gasteiger partial charge in [0.25, 0.3) is 0 Å². The Kier molecular flexibility index (Phi) is 7.09. The summed E-state index contributed by atoms with van der Waals surface area (Å²) in [5, 5.41) is 0. The van der Waals surface area contributed by atoms with Crippen LogP contribution in [-0.4, -0.2) is 69.9 Å². The maximum Gasteiger partial charge on any atom is 0.241 e. The summed E-state index contributed by atoms with van der Waals surface area (Å²) in [6.07, 6.45) is 2.64. The van der Waals surface area contributed by atoms with Crippen LogP contribution in [0.3, 0.4) is 0 Å². The zero-order valence-corrected chi connectivity index (χ0v) is 21.7. The number of piperazine rings is 1. The van der Waals surface area contributed by atoms with Crippen LogP contribution in [0.25, 0.3) is 0 Å². The summed E-state index contributed by atoms with van der Waals surface area (Å²) in [6.45, 7) is 6.41. The normalized spacial score (nSPS) is 19.4. The van der Waals surface area contributed by atoms with Gasteiger partial charge in [-0.25, -0.2) is 13.1 Å². The van der Waals surface area contributed by atoms with Crippen LogP contribution in [0.1, 0.15) is 24.0 Å². The van der Waals surface area contributed by atoms with Crippen LogP contribution in [0.2, 0.25) is 0 Å². The smallest absolute Gasteiger partial charge is 0.241 e. The van der Waals surface area contributed by atoms with E-state index in [1.54, 1.807) is 11.0 Å². The number of halogens is 1. The third kappa shape index (κ3) is 5.39.